The number of anilines is 3. The van der Waals surface area contributed by atoms with Gasteiger partial charge in [-0.2, -0.15) is 0 Å². The molecule has 3 aliphatic rings. The average molecular weight is 1050 g/mol. The van der Waals surface area contributed by atoms with Crippen molar-refractivity contribution < 1.29 is 0 Å². The molecule has 1 spiro atoms. The van der Waals surface area contributed by atoms with E-state index in [4.69, 9.17) is 0 Å². The van der Waals surface area contributed by atoms with Crippen LogP contribution in [0.4, 0.5) is 17.1 Å². The fraction of sp³-hybridized carbons (Fsp3) is 0.0250. The van der Waals surface area contributed by atoms with Crippen LogP contribution < -0.4 is 4.90 Å². The summed E-state index contributed by atoms with van der Waals surface area (Å²) in [4.78, 5) is 2.56. The fourth-order valence-corrected chi connectivity index (χ4v) is 15.6. The third-order valence-corrected chi connectivity index (χ3v) is 18.8. The molecular weight excluding hydrogens is 1000 g/mol. The van der Waals surface area contributed by atoms with Gasteiger partial charge in [0.25, 0.3) is 0 Å². The first kappa shape index (κ1) is 46.1. The summed E-state index contributed by atoms with van der Waals surface area (Å²) in [6, 6.07) is 116. The monoisotopic (exact) mass is 1050 g/mol. The van der Waals surface area contributed by atoms with Crippen LogP contribution in [0.15, 0.2) is 309 Å². The van der Waals surface area contributed by atoms with Gasteiger partial charge in [-0.25, -0.2) is 0 Å². The van der Waals surface area contributed by atoms with Crippen molar-refractivity contribution in [2.75, 3.05) is 4.90 Å². The second-order valence-corrected chi connectivity index (χ2v) is 22.6. The zero-order chi connectivity index (χ0) is 54.4. The molecule has 0 amide bonds. The van der Waals surface area contributed by atoms with Crippen LogP contribution in [0.25, 0.3) is 88.4 Å². The van der Waals surface area contributed by atoms with Crippen molar-refractivity contribution in [3.63, 3.8) is 0 Å². The van der Waals surface area contributed by atoms with E-state index < -0.39 is 10.8 Å². The minimum absolute atomic E-state index is 0.584. The fourth-order valence-electron chi connectivity index (χ4n) is 15.6. The zero-order valence-electron chi connectivity index (χ0n) is 45.3. The molecule has 0 saturated heterocycles. The van der Waals surface area contributed by atoms with Gasteiger partial charge < -0.3 is 14.0 Å². The topological polar surface area (TPSA) is 13.1 Å². The number of rotatable bonds is 7. The number of fused-ring (bicyclic) bond motifs is 18. The number of nitrogens with zero attached hydrogens (tertiary/aromatic N) is 3. The summed E-state index contributed by atoms with van der Waals surface area (Å²) in [5.41, 5.74) is 26.9. The summed E-state index contributed by atoms with van der Waals surface area (Å²) >= 11 is 0. The van der Waals surface area contributed by atoms with E-state index in [9.17, 15) is 0 Å². The standard InChI is InChI=1S/C80H51N3/c1-3-23-54(24-4-1)79(55-25-5-2-6-26-55)66-34-12-7-28-59(66)60-49-48-58(51-71(60)79)81(56-46-44-52(45-47-56)53-22-19-27-57(50-53)82-72-39-15-9-29-61(72)62-30-10-16-40-73(62)82)76-43-21-37-69-77(76)65-32-8-13-35-67(65)80(69)68-36-14-18-42-75(68)83-74-41-17-11-31-63(74)64-33-20-38-70(80)78(64)83/h1-51H. The Hall–Kier alpha value is -10.7. The molecule has 18 rings (SSSR count). The molecule has 2 aliphatic carbocycles. The van der Waals surface area contributed by atoms with Crippen molar-refractivity contribution in [1.82, 2.24) is 9.13 Å². The van der Waals surface area contributed by atoms with Crippen LogP contribution in [0.3, 0.4) is 0 Å². The van der Waals surface area contributed by atoms with Gasteiger partial charge in [0.1, 0.15) is 0 Å². The molecule has 386 valence electrons. The van der Waals surface area contributed by atoms with Gasteiger partial charge in [-0.1, -0.05) is 243 Å². The van der Waals surface area contributed by atoms with Crippen molar-refractivity contribution in [1.29, 1.82) is 0 Å². The Kier molecular flexibility index (Phi) is 9.64. The molecule has 3 heterocycles. The molecule has 0 bridgehead atoms. The SMILES string of the molecule is c1ccc(C2(c3ccccc3)c3ccccc3-c3ccc(N(c4ccc(-c5cccc(-n6c7ccccc7c7ccccc76)c5)cc4)c4cccc5c4-c4ccccc4C54c5ccccc5-n5c6ccccc6c6cccc4c65)cc32)cc1. The van der Waals surface area contributed by atoms with Crippen LogP contribution in [-0.4, -0.2) is 9.13 Å². The summed E-state index contributed by atoms with van der Waals surface area (Å²) in [5.74, 6) is 0. The predicted molar refractivity (Wildman–Crippen MR) is 343 cm³/mol. The van der Waals surface area contributed by atoms with Crippen molar-refractivity contribution in [3.8, 4) is 44.8 Å². The first-order valence-corrected chi connectivity index (χ1v) is 28.9. The van der Waals surface area contributed by atoms with Gasteiger partial charge in [-0.3, -0.25) is 0 Å². The van der Waals surface area contributed by atoms with Crippen LogP contribution in [0.5, 0.6) is 0 Å². The number of benzene rings is 13. The van der Waals surface area contributed by atoms with Crippen molar-refractivity contribution >= 4 is 60.7 Å². The van der Waals surface area contributed by atoms with Gasteiger partial charge in [0, 0.05) is 44.2 Å². The average Bonchev–Trinajstić information content (AvgIpc) is 1.60. The Labute approximate surface area is 481 Å². The molecular formula is C80H51N3. The van der Waals surface area contributed by atoms with Crippen molar-refractivity contribution in [2.45, 2.75) is 10.8 Å². The van der Waals surface area contributed by atoms with Crippen LogP contribution >= 0.6 is 0 Å². The number of para-hydroxylation sites is 5. The largest absolute Gasteiger partial charge is 0.310 e. The highest BCUT2D eigenvalue weighted by molar-refractivity contribution is 6.14. The number of hydrogen-bond donors (Lipinski definition) is 0. The molecule has 0 N–H and O–H groups in total. The van der Waals surface area contributed by atoms with E-state index in [-0.39, 0.29) is 0 Å². The maximum absolute atomic E-state index is 2.56. The molecule has 15 aromatic rings. The highest BCUT2D eigenvalue weighted by Gasteiger charge is 2.52. The highest BCUT2D eigenvalue weighted by atomic mass is 15.1. The number of aromatic nitrogens is 2. The minimum atomic E-state index is -0.616. The predicted octanol–water partition coefficient (Wildman–Crippen LogP) is 20.1. The second-order valence-electron chi connectivity index (χ2n) is 22.6. The summed E-state index contributed by atoms with van der Waals surface area (Å²) in [6.45, 7) is 0. The third kappa shape index (κ3) is 6.12. The molecule has 2 aromatic heterocycles. The molecule has 0 saturated carbocycles. The Balaban J connectivity index is 0.887. The maximum Gasteiger partial charge on any atom is 0.0755 e. The Bertz CT molecular complexity index is 5070. The number of hydrogen-bond acceptors (Lipinski definition) is 1. The lowest BCUT2D eigenvalue weighted by atomic mass is 9.65. The van der Waals surface area contributed by atoms with E-state index in [1.807, 2.05) is 0 Å². The molecule has 1 atom stereocenters. The lowest BCUT2D eigenvalue weighted by Gasteiger charge is -2.39. The van der Waals surface area contributed by atoms with Crippen LogP contribution in [0, 0.1) is 0 Å². The third-order valence-electron chi connectivity index (χ3n) is 18.8. The summed E-state index contributed by atoms with van der Waals surface area (Å²) in [7, 11) is 0. The van der Waals surface area contributed by atoms with E-state index in [1.54, 1.807) is 0 Å². The van der Waals surface area contributed by atoms with Gasteiger partial charge in [0.2, 0.25) is 0 Å². The second kappa shape index (κ2) is 17.4. The molecule has 3 nitrogen and oxygen atoms in total. The summed E-state index contributed by atoms with van der Waals surface area (Å²) in [5, 5.41) is 5.06. The van der Waals surface area contributed by atoms with E-state index in [1.165, 1.54) is 116 Å². The normalized spacial score (nSPS) is 14.9. The van der Waals surface area contributed by atoms with Gasteiger partial charge in [0.05, 0.1) is 44.3 Å². The maximum atomic E-state index is 2.56. The zero-order valence-corrected chi connectivity index (χ0v) is 45.3. The van der Waals surface area contributed by atoms with Gasteiger partial charge in [-0.15, -0.1) is 0 Å². The van der Waals surface area contributed by atoms with Gasteiger partial charge >= 0.3 is 0 Å². The Morgan fingerprint density at radius 2 is 0.783 bits per heavy atom. The molecule has 1 aliphatic heterocycles. The molecule has 13 aromatic carbocycles. The Morgan fingerprint density at radius 1 is 0.277 bits per heavy atom. The van der Waals surface area contributed by atoms with E-state index in [0.29, 0.717) is 0 Å². The molecule has 0 fully saturated rings. The van der Waals surface area contributed by atoms with E-state index in [2.05, 4.69) is 323 Å². The summed E-state index contributed by atoms with van der Waals surface area (Å²) in [6.07, 6.45) is 0. The molecule has 83 heavy (non-hydrogen) atoms. The first-order chi connectivity index (χ1) is 41.2. The van der Waals surface area contributed by atoms with Crippen LogP contribution in [0.2, 0.25) is 0 Å². The van der Waals surface area contributed by atoms with Gasteiger partial charge in [-0.05, 0) is 139 Å². The minimum Gasteiger partial charge on any atom is -0.310 e. The van der Waals surface area contributed by atoms with E-state index >= 15 is 0 Å². The van der Waals surface area contributed by atoms with Gasteiger partial charge in [0.15, 0.2) is 0 Å². The lowest BCUT2D eigenvalue weighted by molar-refractivity contribution is 0.748. The van der Waals surface area contributed by atoms with Crippen molar-refractivity contribution in [2.24, 2.45) is 0 Å². The smallest absolute Gasteiger partial charge is 0.0755 e. The summed E-state index contributed by atoms with van der Waals surface area (Å²) < 4.78 is 4.94. The molecule has 0 radical (unpaired) electrons. The Morgan fingerprint density at radius 3 is 1.49 bits per heavy atom. The first-order valence-electron chi connectivity index (χ1n) is 28.9. The molecule has 1 unspecified atom stereocenters. The van der Waals surface area contributed by atoms with E-state index in [0.717, 1.165) is 33.9 Å². The highest BCUT2D eigenvalue weighted by Crippen LogP contribution is 2.64. The van der Waals surface area contributed by atoms with Crippen molar-refractivity contribution in [3.05, 3.63) is 354 Å². The van der Waals surface area contributed by atoms with Crippen LogP contribution in [-0.2, 0) is 10.8 Å². The molecule has 3 heteroatoms. The quantitative estimate of drug-likeness (QED) is 0.155. The lowest BCUT2D eigenvalue weighted by Crippen LogP contribution is -2.33. The van der Waals surface area contributed by atoms with Crippen LogP contribution in [0.1, 0.15) is 44.5 Å².